The number of rotatable bonds is 3. The molecule has 122 valence electrons. The summed E-state index contributed by atoms with van der Waals surface area (Å²) in [6, 6.07) is 16.8. The van der Waals surface area contributed by atoms with Crippen LogP contribution in [0.4, 0.5) is 5.13 Å². The summed E-state index contributed by atoms with van der Waals surface area (Å²) in [5.74, 6) is -0.421. The first-order chi connectivity index (χ1) is 12.2. The standard InChI is InChI=1S/C18H12N4O2S/c23-16-9-8-14(21-22-16)17(24)20-18-19-15(10-25-18)13-7-3-5-11-4-1-2-6-12(11)13/h1-10H,(H,22,23)(H,19,20,24). The van der Waals surface area contributed by atoms with Crippen LogP contribution in [0.2, 0.25) is 0 Å². The van der Waals surface area contributed by atoms with Crippen molar-refractivity contribution in [1.82, 2.24) is 15.2 Å². The second-order valence-corrected chi connectivity index (χ2v) is 6.18. The lowest BCUT2D eigenvalue weighted by molar-refractivity contribution is 0.102. The van der Waals surface area contributed by atoms with Gasteiger partial charge in [0.25, 0.3) is 11.5 Å². The molecule has 1 amide bonds. The zero-order valence-corrected chi connectivity index (χ0v) is 13.7. The van der Waals surface area contributed by atoms with E-state index >= 15 is 0 Å². The van der Waals surface area contributed by atoms with Gasteiger partial charge in [0.05, 0.1) is 5.69 Å². The fraction of sp³-hybridized carbons (Fsp3) is 0. The first-order valence-corrected chi connectivity index (χ1v) is 8.39. The highest BCUT2D eigenvalue weighted by molar-refractivity contribution is 7.14. The van der Waals surface area contributed by atoms with Gasteiger partial charge in [-0.2, -0.15) is 5.10 Å². The number of nitrogens with zero attached hydrogens (tertiary/aromatic N) is 2. The smallest absolute Gasteiger partial charge is 0.277 e. The van der Waals surface area contributed by atoms with Crippen LogP contribution < -0.4 is 10.9 Å². The summed E-state index contributed by atoms with van der Waals surface area (Å²) in [6.07, 6.45) is 0. The van der Waals surface area contributed by atoms with Crippen LogP contribution in [0.15, 0.2) is 64.8 Å². The first kappa shape index (κ1) is 15.2. The Morgan fingerprint density at radius 2 is 1.88 bits per heavy atom. The molecule has 4 aromatic rings. The molecule has 0 bridgehead atoms. The van der Waals surface area contributed by atoms with Gasteiger partial charge < -0.3 is 0 Å². The van der Waals surface area contributed by atoms with E-state index in [1.54, 1.807) is 0 Å². The summed E-state index contributed by atoms with van der Waals surface area (Å²) in [5, 5.41) is 13.3. The van der Waals surface area contributed by atoms with Crippen molar-refractivity contribution in [2.45, 2.75) is 0 Å². The number of aromatic nitrogens is 3. The molecule has 2 heterocycles. The molecule has 0 saturated carbocycles. The number of hydrogen-bond acceptors (Lipinski definition) is 5. The zero-order chi connectivity index (χ0) is 17.2. The summed E-state index contributed by atoms with van der Waals surface area (Å²) < 4.78 is 0. The van der Waals surface area contributed by atoms with Gasteiger partial charge in [-0.15, -0.1) is 11.3 Å². The summed E-state index contributed by atoms with van der Waals surface area (Å²) in [7, 11) is 0. The Bertz CT molecular complexity index is 1110. The Morgan fingerprint density at radius 3 is 2.72 bits per heavy atom. The molecule has 0 spiro atoms. The van der Waals surface area contributed by atoms with E-state index in [4.69, 9.17) is 0 Å². The highest BCUT2D eigenvalue weighted by Crippen LogP contribution is 2.30. The third-order valence-electron chi connectivity index (χ3n) is 3.70. The summed E-state index contributed by atoms with van der Waals surface area (Å²) in [6.45, 7) is 0. The van der Waals surface area contributed by atoms with Crippen LogP contribution >= 0.6 is 11.3 Å². The number of amides is 1. The fourth-order valence-corrected chi connectivity index (χ4v) is 3.24. The number of thiazole rings is 1. The molecule has 0 aliphatic rings. The number of fused-ring (bicyclic) bond motifs is 1. The van der Waals surface area contributed by atoms with Crippen LogP contribution in [0.3, 0.4) is 0 Å². The summed E-state index contributed by atoms with van der Waals surface area (Å²) in [4.78, 5) is 27.7. The van der Waals surface area contributed by atoms with E-state index in [9.17, 15) is 9.59 Å². The minimum absolute atomic E-state index is 0.126. The fourth-order valence-electron chi connectivity index (χ4n) is 2.54. The largest absolute Gasteiger partial charge is 0.296 e. The maximum absolute atomic E-state index is 12.2. The van der Waals surface area contributed by atoms with Crippen LogP contribution in [-0.2, 0) is 0 Å². The topological polar surface area (TPSA) is 87.7 Å². The Kier molecular flexibility index (Phi) is 3.83. The lowest BCUT2D eigenvalue weighted by Gasteiger charge is -2.03. The SMILES string of the molecule is O=C(Nc1nc(-c2cccc3ccccc23)cs1)c1ccc(=O)[nH]n1. The molecule has 2 N–H and O–H groups in total. The van der Waals surface area contributed by atoms with Crippen molar-refractivity contribution in [3.05, 3.63) is 76.0 Å². The van der Waals surface area contributed by atoms with Gasteiger partial charge in [-0.25, -0.2) is 10.1 Å². The first-order valence-electron chi connectivity index (χ1n) is 7.51. The van der Waals surface area contributed by atoms with E-state index in [-0.39, 0.29) is 11.3 Å². The van der Waals surface area contributed by atoms with E-state index in [0.717, 1.165) is 22.0 Å². The van der Waals surface area contributed by atoms with Crippen LogP contribution in [0.1, 0.15) is 10.5 Å². The van der Waals surface area contributed by atoms with E-state index < -0.39 is 5.91 Å². The molecule has 6 nitrogen and oxygen atoms in total. The van der Waals surface area contributed by atoms with Crippen molar-refractivity contribution in [2.24, 2.45) is 0 Å². The number of carbonyl (C=O) groups excluding carboxylic acids is 1. The van der Waals surface area contributed by atoms with E-state index in [1.165, 1.54) is 23.5 Å². The minimum Gasteiger partial charge on any atom is -0.296 e. The van der Waals surface area contributed by atoms with Gasteiger partial charge in [0.1, 0.15) is 5.69 Å². The highest BCUT2D eigenvalue weighted by atomic mass is 32.1. The molecule has 0 aliphatic carbocycles. The van der Waals surface area contributed by atoms with Gasteiger partial charge in [0, 0.05) is 17.0 Å². The number of carbonyl (C=O) groups is 1. The number of hydrogen-bond donors (Lipinski definition) is 2. The predicted octanol–water partition coefficient (Wildman–Crippen LogP) is 3.30. The Morgan fingerprint density at radius 1 is 1.04 bits per heavy atom. The molecule has 7 heteroatoms. The van der Waals surface area contributed by atoms with Gasteiger partial charge in [0.15, 0.2) is 5.13 Å². The molecule has 2 aromatic heterocycles. The molecule has 0 saturated heterocycles. The minimum atomic E-state index is -0.421. The third kappa shape index (κ3) is 3.05. The van der Waals surface area contributed by atoms with Gasteiger partial charge >= 0.3 is 0 Å². The molecule has 2 aromatic carbocycles. The van der Waals surface area contributed by atoms with Crippen molar-refractivity contribution in [3.63, 3.8) is 0 Å². The number of nitrogens with one attached hydrogen (secondary N) is 2. The van der Waals surface area contributed by atoms with Crippen molar-refractivity contribution in [2.75, 3.05) is 5.32 Å². The van der Waals surface area contributed by atoms with Crippen molar-refractivity contribution in [3.8, 4) is 11.3 Å². The zero-order valence-electron chi connectivity index (χ0n) is 12.9. The lowest BCUT2D eigenvalue weighted by Crippen LogP contribution is -2.17. The highest BCUT2D eigenvalue weighted by Gasteiger charge is 2.12. The van der Waals surface area contributed by atoms with Gasteiger partial charge in [0.2, 0.25) is 0 Å². The van der Waals surface area contributed by atoms with Crippen LogP contribution in [0, 0.1) is 0 Å². The quantitative estimate of drug-likeness (QED) is 0.595. The molecule has 0 radical (unpaired) electrons. The van der Waals surface area contributed by atoms with Gasteiger partial charge in [-0.3, -0.25) is 14.9 Å². The predicted molar refractivity (Wildman–Crippen MR) is 97.9 cm³/mol. The second kappa shape index (κ2) is 6.29. The van der Waals surface area contributed by atoms with Crippen LogP contribution in [0.25, 0.3) is 22.0 Å². The molecule has 0 atom stereocenters. The van der Waals surface area contributed by atoms with Crippen molar-refractivity contribution < 1.29 is 4.79 Å². The number of aromatic amines is 1. The average Bonchev–Trinajstić information content (AvgIpc) is 3.10. The molecule has 0 unspecified atom stereocenters. The molecule has 0 aliphatic heterocycles. The summed E-state index contributed by atoms with van der Waals surface area (Å²) in [5.41, 5.74) is 1.58. The Hall–Kier alpha value is -3.32. The molecule has 4 rings (SSSR count). The van der Waals surface area contributed by atoms with Crippen molar-refractivity contribution in [1.29, 1.82) is 0 Å². The Labute approximate surface area is 146 Å². The summed E-state index contributed by atoms with van der Waals surface area (Å²) >= 11 is 1.34. The van der Waals surface area contributed by atoms with Gasteiger partial charge in [-0.1, -0.05) is 42.5 Å². The van der Waals surface area contributed by atoms with E-state index in [1.807, 2.05) is 35.7 Å². The number of H-pyrrole nitrogens is 1. The van der Waals surface area contributed by atoms with E-state index in [2.05, 4.69) is 32.6 Å². The maximum Gasteiger partial charge on any atom is 0.277 e. The average molecular weight is 348 g/mol. The maximum atomic E-state index is 12.2. The second-order valence-electron chi connectivity index (χ2n) is 5.33. The number of anilines is 1. The van der Waals surface area contributed by atoms with Crippen LogP contribution in [-0.4, -0.2) is 21.1 Å². The molecular formula is C18H12N4O2S. The van der Waals surface area contributed by atoms with Crippen LogP contribution in [0.5, 0.6) is 0 Å². The Balaban J connectivity index is 1.63. The normalized spacial score (nSPS) is 10.7. The monoisotopic (exact) mass is 348 g/mol. The third-order valence-corrected chi connectivity index (χ3v) is 4.46. The van der Waals surface area contributed by atoms with Gasteiger partial charge in [-0.05, 0) is 16.8 Å². The molecule has 25 heavy (non-hydrogen) atoms. The van der Waals surface area contributed by atoms with Crippen molar-refractivity contribution >= 4 is 33.1 Å². The lowest BCUT2D eigenvalue weighted by atomic mass is 10.0. The number of benzene rings is 2. The van der Waals surface area contributed by atoms with E-state index in [0.29, 0.717) is 5.13 Å². The molecule has 0 fully saturated rings. The molecular weight excluding hydrogens is 336 g/mol.